The molecule has 0 saturated carbocycles. The molecule has 31 heavy (non-hydrogen) atoms. The van der Waals surface area contributed by atoms with Crippen LogP contribution in [0, 0.1) is 5.92 Å². The van der Waals surface area contributed by atoms with Crippen molar-refractivity contribution in [1.29, 1.82) is 0 Å². The predicted octanol–water partition coefficient (Wildman–Crippen LogP) is 3.04. The van der Waals surface area contributed by atoms with E-state index in [0.29, 0.717) is 0 Å². The Hall–Kier alpha value is -4.40. The second-order valence-corrected chi connectivity index (χ2v) is 6.97. The highest BCUT2D eigenvalue weighted by Gasteiger charge is 2.33. The summed E-state index contributed by atoms with van der Waals surface area (Å²) in [5.74, 6) is -5.79. The van der Waals surface area contributed by atoms with Gasteiger partial charge in [-0.2, -0.15) is 0 Å². The lowest BCUT2D eigenvalue weighted by molar-refractivity contribution is -0.139. The van der Waals surface area contributed by atoms with Gasteiger partial charge >= 0.3 is 17.9 Å². The third-order valence-corrected chi connectivity index (χ3v) is 5.09. The van der Waals surface area contributed by atoms with Gasteiger partial charge in [-0.3, -0.25) is 9.59 Å². The third kappa shape index (κ3) is 3.21. The zero-order chi connectivity index (χ0) is 22.4. The molecule has 1 aromatic rings. The molecule has 0 saturated heterocycles. The molecule has 9 heteroatoms. The van der Waals surface area contributed by atoms with Crippen LogP contribution in [-0.4, -0.2) is 38.3 Å². The lowest BCUT2D eigenvalue weighted by atomic mass is 9.80. The molecule has 1 aromatic carbocycles. The number of rotatable bonds is 4. The molecule has 0 amide bonds. The SMILES string of the molecule is O=C(O)c1cc(=O)cc2oc3cc(O)cc(C(=O)O)c3c(C3=CC=CCC3C(=O)O)c1-2. The number of carboxylic acid groups (broad SMARTS) is 3. The van der Waals surface area contributed by atoms with Crippen LogP contribution in [0.1, 0.15) is 32.7 Å². The van der Waals surface area contributed by atoms with Crippen molar-refractivity contribution in [2.45, 2.75) is 6.42 Å². The molecule has 4 rings (SSSR count). The first-order valence-electron chi connectivity index (χ1n) is 9.03. The van der Waals surface area contributed by atoms with Crippen molar-refractivity contribution in [1.82, 2.24) is 0 Å². The topological polar surface area (TPSA) is 162 Å². The van der Waals surface area contributed by atoms with Crippen LogP contribution in [0.3, 0.4) is 0 Å². The molecule has 0 spiro atoms. The maximum atomic E-state index is 12.1. The fraction of sp³-hybridized carbons (Fsp3) is 0.0909. The van der Waals surface area contributed by atoms with Crippen molar-refractivity contribution < 1.29 is 39.2 Å². The highest BCUT2D eigenvalue weighted by atomic mass is 16.4. The molecule has 1 unspecified atom stereocenters. The van der Waals surface area contributed by atoms with Crippen LogP contribution in [0.5, 0.6) is 5.75 Å². The fourth-order valence-corrected chi connectivity index (χ4v) is 3.86. The molecule has 0 aromatic heterocycles. The van der Waals surface area contributed by atoms with Crippen molar-refractivity contribution in [2.75, 3.05) is 0 Å². The van der Waals surface area contributed by atoms with Gasteiger partial charge in [0.15, 0.2) is 5.43 Å². The van der Waals surface area contributed by atoms with Crippen molar-refractivity contribution in [3.05, 3.63) is 69.4 Å². The summed E-state index contributed by atoms with van der Waals surface area (Å²) in [5, 5.41) is 39.1. The van der Waals surface area contributed by atoms with E-state index in [9.17, 15) is 39.6 Å². The second kappa shape index (κ2) is 7.13. The number of hydrogen-bond acceptors (Lipinski definition) is 6. The van der Waals surface area contributed by atoms with Gasteiger partial charge < -0.3 is 24.8 Å². The van der Waals surface area contributed by atoms with E-state index in [1.165, 1.54) is 6.08 Å². The summed E-state index contributed by atoms with van der Waals surface area (Å²) in [7, 11) is 0. The lowest BCUT2D eigenvalue weighted by Crippen LogP contribution is -2.19. The number of carbonyl (C=O) groups is 3. The quantitative estimate of drug-likeness (QED) is 0.463. The molecular weight excluding hydrogens is 408 g/mol. The van der Waals surface area contributed by atoms with Crippen LogP contribution >= 0.6 is 0 Å². The predicted molar refractivity (Wildman–Crippen MR) is 108 cm³/mol. The molecular formula is C22H14O9. The molecule has 1 aliphatic heterocycles. The molecule has 0 radical (unpaired) electrons. The van der Waals surface area contributed by atoms with Crippen molar-refractivity contribution >= 4 is 34.5 Å². The molecule has 1 atom stereocenters. The average Bonchev–Trinajstić information content (AvgIpc) is 2.70. The largest absolute Gasteiger partial charge is 0.508 e. The van der Waals surface area contributed by atoms with Crippen LogP contribution in [0.4, 0.5) is 0 Å². The summed E-state index contributed by atoms with van der Waals surface area (Å²) in [6, 6.07) is 3.99. The van der Waals surface area contributed by atoms with E-state index < -0.39 is 46.1 Å². The van der Waals surface area contributed by atoms with Crippen LogP contribution in [-0.2, 0) is 4.79 Å². The van der Waals surface area contributed by atoms with Gasteiger partial charge in [0.05, 0.1) is 17.0 Å². The number of benzene rings is 2. The minimum absolute atomic E-state index is 0.0165. The van der Waals surface area contributed by atoms with Gasteiger partial charge in [-0.05, 0) is 18.1 Å². The number of carboxylic acids is 3. The Morgan fingerprint density at radius 3 is 2.29 bits per heavy atom. The second-order valence-electron chi connectivity index (χ2n) is 6.97. The first kappa shape index (κ1) is 19.9. The van der Waals surface area contributed by atoms with Gasteiger partial charge in [0.25, 0.3) is 0 Å². The minimum Gasteiger partial charge on any atom is -0.508 e. The molecule has 3 aliphatic rings. The standard InChI is InChI=1S/C22H14O9/c23-9-5-13(21(27)28)17-15(7-9)31-16-8-10(24)6-14(22(29)30)18(16)19(17)11-3-1-2-4-12(11)20(25)26/h1-3,5-8,12,23H,4H2,(H,25,26)(H,27,28)(H,29,30). The fourth-order valence-electron chi connectivity index (χ4n) is 3.86. The van der Waals surface area contributed by atoms with E-state index in [1.54, 1.807) is 12.2 Å². The number of hydrogen-bond donors (Lipinski definition) is 4. The van der Waals surface area contributed by atoms with E-state index in [0.717, 1.165) is 24.3 Å². The first-order chi connectivity index (χ1) is 14.7. The zero-order valence-corrected chi connectivity index (χ0v) is 15.7. The van der Waals surface area contributed by atoms with E-state index in [-0.39, 0.29) is 39.9 Å². The first-order valence-corrected chi connectivity index (χ1v) is 9.03. The summed E-state index contributed by atoms with van der Waals surface area (Å²) in [5.41, 5.74) is -1.57. The zero-order valence-electron chi connectivity index (χ0n) is 15.7. The van der Waals surface area contributed by atoms with E-state index in [1.807, 2.05) is 0 Å². The Morgan fingerprint density at radius 1 is 0.935 bits per heavy atom. The van der Waals surface area contributed by atoms with Crippen LogP contribution < -0.4 is 5.43 Å². The lowest BCUT2D eigenvalue weighted by Gasteiger charge is -2.24. The highest BCUT2D eigenvalue weighted by molar-refractivity contribution is 6.13. The highest BCUT2D eigenvalue weighted by Crippen LogP contribution is 2.45. The molecule has 156 valence electrons. The number of allylic oxidation sites excluding steroid dienone is 3. The average molecular weight is 422 g/mol. The van der Waals surface area contributed by atoms with Crippen LogP contribution in [0.15, 0.2) is 51.7 Å². The Kier molecular flexibility index (Phi) is 4.58. The van der Waals surface area contributed by atoms with Gasteiger partial charge in [0.1, 0.15) is 17.1 Å². The number of aliphatic carboxylic acids is 1. The molecule has 0 bridgehead atoms. The third-order valence-electron chi connectivity index (χ3n) is 5.09. The Bertz CT molecular complexity index is 1370. The van der Waals surface area contributed by atoms with E-state index in [4.69, 9.17) is 4.42 Å². The minimum atomic E-state index is -1.46. The van der Waals surface area contributed by atoms with Gasteiger partial charge in [-0.15, -0.1) is 0 Å². The van der Waals surface area contributed by atoms with Gasteiger partial charge in [0.2, 0.25) is 0 Å². The maximum absolute atomic E-state index is 12.1. The number of fused-ring (bicyclic) bond motifs is 2. The Morgan fingerprint density at radius 2 is 1.65 bits per heavy atom. The normalized spacial score (nSPS) is 15.7. The number of phenols is 1. The monoisotopic (exact) mass is 422 g/mol. The van der Waals surface area contributed by atoms with Crippen molar-refractivity contribution in [3.63, 3.8) is 0 Å². The summed E-state index contributed by atoms with van der Waals surface area (Å²) in [6.45, 7) is 0. The summed E-state index contributed by atoms with van der Waals surface area (Å²) >= 11 is 0. The number of phenolic OH excluding ortho intramolecular Hbond substituents is 1. The van der Waals surface area contributed by atoms with Crippen LogP contribution in [0.25, 0.3) is 27.9 Å². The molecule has 2 aliphatic carbocycles. The van der Waals surface area contributed by atoms with Crippen LogP contribution in [0.2, 0.25) is 0 Å². The number of aromatic hydroxyl groups is 1. The van der Waals surface area contributed by atoms with Gasteiger partial charge in [-0.1, -0.05) is 18.2 Å². The van der Waals surface area contributed by atoms with E-state index in [2.05, 4.69) is 0 Å². The summed E-state index contributed by atoms with van der Waals surface area (Å²) in [6.07, 6.45) is 4.77. The molecule has 9 nitrogen and oxygen atoms in total. The molecule has 4 N–H and O–H groups in total. The Labute approximate surface area is 173 Å². The Balaban J connectivity index is 2.32. The summed E-state index contributed by atoms with van der Waals surface area (Å²) in [4.78, 5) is 47.9. The van der Waals surface area contributed by atoms with E-state index >= 15 is 0 Å². The number of aromatic carboxylic acids is 2. The maximum Gasteiger partial charge on any atom is 0.336 e. The smallest absolute Gasteiger partial charge is 0.336 e. The molecule has 0 fully saturated rings. The summed E-state index contributed by atoms with van der Waals surface area (Å²) < 4.78 is 5.64. The van der Waals surface area contributed by atoms with Gasteiger partial charge in [-0.25, -0.2) is 9.59 Å². The van der Waals surface area contributed by atoms with Crippen molar-refractivity contribution in [2.24, 2.45) is 5.92 Å². The van der Waals surface area contributed by atoms with Gasteiger partial charge in [0, 0.05) is 34.7 Å². The molecule has 1 heterocycles. The van der Waals surface area contributed by atoms with Crippen molar-refractivity contribution in [3.8, 4) is 17.1 Å².